The van der Waals surface area contributed by atoms with Gasteiger partial charge in [0.15, 0.2) is 0 Å². The molecular weight excluding hydrogens is 346 g/mol. The van der Waals surface area contributed by atoms with E-state index >= 15 is 0 Å². The summed E-state index contributed by atoms with van der Waals surface area (Å²) >= 11 is 0. The first-order valence-electron chi connectivity index (χ1n) is 9.19. The number of carbonyl (C=O) groups excluding carboxylic acids is 2. The minimum atomic E-state index is -0.310. The SMILES string of the molecule is Cc1noc(C)c1CN(C)C(=O)Nc1ccc(C(=O)OC2CCCC2)cc1. The van der Waals surface area contributed by atoms with Gasteiger partial charge in [-0.3, -0.25) is 0 Å². The second kappa shape index (κ2) is 8.24. The summed E-state index contributed by atoms with van der Waals surface area (Å²) < 4.78 is 10.6. The van der Waals surface area contributed by atoms with Crippen LogP contribution in [0.5, 0.6) is 0 Å². The Morgan fingerprint density at radius 2 is 1.89 bits per heavy atom. The lowest BCUT2D eigenvalue weighted by Gasteiger charge is -2.18. The third kappa shape index (κ3) is 4.67. The molecule has 144 valence electrons. The third-order valence-corrected chi connectivity index (χ3v) is 4.87. The van der Waals surface area contributed by atoms with Crippen LogP contribution in [0.4, 0.5) is 10.5 Å². The predicted octanol–water partition coefficient (Wildman–Crippen LogP) is 4.05. The molecule has 1 heterocycles. The van der Waals surface area contributed by atoms with E-state index in [-0.39, 0.29) is 18.1 Å². The molecule has 7 nitrogen and oxygen atoms in total. The van der Waals surface area contributed by atoms with E-state index in [0.717, 1.165) is 36.9 Å². The molecule has 2 amide bonds. The third-order valence-electron chi connectivity index (χ3n) is 4.87. The number of hydrogen-bond acceptors (Lipinski definition) is 5. The van der Waals surface area contributed by atoms with Crippen LogP contribution >= 0.6 is 0 Å². The van der Waals surface area contributed by atoms with Gasteiger partial charge in [0, 0.05) is 18.3 Å². The topological polar surface area (TPSA) is 84.7 Å². The Hall–Kier alpha value is -2.83. The Bertz CT molecular complexity index is 788. The number of hydrogen-bond donors (Lipinski definition) is 1. The molecule has 0 aliphatic heterocycles. The molecule has 1 N–H and O–H groups in total. The van der Waals surface area contributed by atoms with Crippen LogP contribution in [-0.2, 0) is 11.3 Å². The van der Waals surface area contributed by atoms with Crippen LogP contribution in [0.15, 0.2) is 28.8 Å². The lowest BCUT2D eigenvalue weighted by molar-refractivity contribution is 0.0318. The van der Waals surface area contributed by atoms with Crippen molar-refractivity contribution in [3.63, 3.8) is 0 Å². The van der Waals surface area contributed by atoms with E-state index in [1.165, 1.54) is 0 Å². The molecule has 1 saturated carbocycles. The quantitative estimate of drug-likeness (QED) is 0.802. The monoisotopic (exact) mass is 371 g/mol. The fraction of sp³-hybridized carbons (Fsp3) is 0.450. The van der Waals surface area contributed by atoms with Crippen molar-refractivity contribution in [1.82, 2.24) is 10.1 Å². The Balaban J connectivity index is 1.55. The number of nitrogens with zero attached hydrogens (tertiary/aromatic N) is 2. The van der Waals surface area contributed by atoms with Crippen LogP contribution in [0.2, 0.25) is 0 Å². The van der Waals surface area contributed by atoms with Crippen LogP contribution < -0.4 is 5.32 Å². The average molecular weight is 371 g/mol. The molecule has 0 atom stereocenters. The maximum Gasteiger partial charge on any atom is 0.338 e. The number of benzene rings is 1. The van der Waals surface area contributed by atoms with Crippen molar-refractivity contribution < 1.29 is 18.8 Å². The number of amides is 2. The molecular formula is C20H25N3O4. The van der Waals surface area contributed by atoms with Crippen molar-refractivity contribution in [2.75, 3.05) is 12.4 Å². The molecule has 1 fully saturated rings. The molecule has 0 unspecified atom stereocenters. The number of rotatable bonds is 5. The van der Waals surface area contributed by atoms with Crippen molar-refractivity contribution in [2.24, 2.45) is 0 Å². The predicted molar refractivity (Wildman–Crippen MR) is 101 cm³/mol. The fourth-order valence-corrected chi connectivity index (χ4v) is 3.17. The van der Waals surface area contributed by atoms with E-state index in [9.17, 15) is 9.59 Å². The van der Waals surface area contributed by atoms with E-state index in [1.807, 2.05) is 13.8 Å². The second-order valence-electron chi connectivity index (χ2n) is 6.98. The summed E-state index contributed by atoms with van der Waals surface area (Å²) in [5.74, 6) is 0.396. The highest BCUT2D eigenvalue weighted by molar-refractivity contribution is 5.92. The van der Waals surface area contributed by atoms with Gasteiger partial charge < -0.3 is 19.5 Å². The van der Waals surface area contributed by atoms with Crippen LogP contribution in [0.1, 0.15) is 53.1 Å². The van der Waals surface area contributed by atoms with Crippen LogP contribution in [0.3, 0.4) is 0 Å². The van der Waals surface area contributed by atoms with Gasteiger partial charge in [-0.2, -0.15) is 0 Å². The molecule has 7 heteroatoms. The number of aryl methyl sites for hydroxylation is 2. The Morgan fingerprint density at radius 1 is 1.22 bits per heavy atom. The fourth-order valence-electron chi connectivity index (χ4n) is 3.17. The molecule has 27 heavy (non-hydrogen) atoms. The van der Waals surface area contributed by atoms with Gasteiger partial charge >= 0.3 is 12.0 Å². The minimum absolute atomic E-state index is 0.0369. The van der Waals surface area contributed by atoms with Gasteiger partial charge in [0.05, 0.1) is 17.8 Å². The summed E-state index contributed by atoms with van der Waals surface area (Å²) in [6.07, 6.45) is 4.15. The van der Waals surface area contributed by atoms with Gasteiger partial charge in [0.25, 0.3) is 0 Å². The number of ether oxygens (including phenoxy) is 1. The second-order valence-corrected chi connectivity index (χ2v) is 6.98. The number of esters is 1. The lowest BCUT2D eigenvalue weighted by Crippen LogP contribution is -2.31. The van der Waals surface area contributed by atoms with Crippen LogP contribution in [0.25, 0.3) is 0 Å². The standard InChI is InChI=1S/C20H25N3O4/c1-13-18(14(2)27-22-13)12-23(3)20(25)21-16-10-8-15(9-11-16)19(24)26-17-6-4-5-7-17/h8-11,17H,4-7,12H2,1-3H3,(H,21,25). The smallest absolute Gasteiger partial charge is 0.338 e. The molecule has 1 aromatic carbocycles. The van der Waals surface area contributed by atoms with Gasteiger partial charge in [-0.05, 0) is 63.8 Å². The zero-order valence-corrected chi connectivity index (χ0v) is 15.9. The van der Waals surface area contributed by atoms with E-state index in [0.29, 0.717) is 23.6 Å². The van der Waals surface area contributed by atoms with E-state index < -0.39 is 0 Å². The van der Waals surface area contributed by atoms with Gasteiger partial charge in [0.2, 0.25) is 0 Å². The highest BCUT2D eigenvalue weighted by atomic mass is 16.5. The minimum Gasteiger partial charge on any atom is -0.459 e. The van der Waals surface area contributed by atoms with Crippen LogP contribution in [0, 0.1) is 13.8 Å². The average Bonchev–Trinajstić information content (AvgIpc) is 3.27. The summed E-state index contributed by atoms with van der Waals surface area (Å²) in [4.78, 5) is 26.1. The number of urea groups is 1. The van der Waals surface area contributed by atoms with Crippen molar-refractivity contribution in [2.45, 2.75) is 52.2 Å². The van der Waals surface area contributed by atoms with Crippen molar-refractivity contribution >= 4 is 17.7 Å². The normalized spacial score (nSPS) is 14.2. The Labute approximate surface area is 158 Å². The molecule has 0 saturated heterocycles. The molecule has 0 bridgehead atoms. The Kier molecular flexibility index (Phi) is 5.78. The van der Waals surface area contributed by atoms with Gasteiger partial charge in [-0.1, -0.05) is 5.16 Å². The first-order chi connectivity index (χ1) is 12.9. The van der Waals surface area contributed by atoms with Crippen molar-refractivity contribution in [3.05, 3.63) is 46.8 Å². The molecule has 0 radical (unpaired) electrons. The van der Waals surface area contributed by atoms with E-state index in [4.69, 9.17) is 9.26 Å². The summed E-state index contributed by atoms with van der Waals surface area (Å²) in [6, 6.07) is 6.48. The highest BCUT2D eigenvalue weighted by Crippen LogP contribution is 2.22. The summed E-state index contributed by atoms with van der Waals surface area (Å²) in [6.45, 7) is 4.07. The maximum atomic E-state index is 12.4. The number of anilines is 1. The molecule has 2 aromatic rings. The van der Waals surface area contributed by atoms with Crippen molar-refractivity contribution in [3.8, 4) is 0 Å². The lowest BCUT2D eigenvalue weighted by atomic mass is 10.2. The van der Waals surface area contributed by atoms with Gasteiger partial charge in [0.1, 0.15) is 11.9 Å². The zero-order chi connectivity index (χ0) is 19.4. The molecule has 0 spiro atoms. The van der Waals surface area contributed by atoms with Crippen LogP contribution in [-0.4, -0.2) is 35.2 Å². The first kappa shape index (κ1) is 18.9. The van der Waals surface area contributed by atoms with Gasteiger partial charge in [-0.25, -0.2) is 9.59 Å². The highest BCUT2D eigenvalue weighted by Gasteiger charge is 2.20. The molecule has 1 aromatic heterocycles. The largest absolute Gasteiger partial charge is 0.459 e. The van der Waals surface area contributed by atoms with E-state index in [1.54, 1.807) is 36.2 Å². The molecule has 1 aliphatic rings. The first-order valence-corrected chi connectivity index (χ1v) is 9.19. The van der Waals surface area contributed by atoms with Gasteiger partial charge in [-0.15, -0.1) is 0 Å². The Morgan fingerprint density at radius 3 is 2.48 bits per heavy atom. The molecule has 1 aliphatic carbocycles. The van der Waals surface area contributed by atoms with E-state index in [2.05, 4.69) is 10.5 Å². The number of carbonyl (C=O) groups is 2. The molecule has 3 rings (SSSR count). The number of aromatic nitrogens is 1. The summed E-state index contributed by atoms with van der Waals surface area (Å²) in [5, 5.41) is 6.71. The maximum absolute atomic E-state index is 12.4. The van der Waals surface area contributed by atoms with Crippen molar-refractivity contribution in [1.29, 1.82) is 0 Å². The number of nitrogens with one attached hydrogen (secondary N) is 1. The summed E-state index contributed by atoms with van der Waals surface area (Å²) in [5.41, 5.74) is 2.78. The zero-order valence-electron chi connectivity index (χ0n) is 15.9. The summed E-state index contributed by atoms with van der Waals surface area (Å²) in [7, 11) is 1.70.